The van der Waals surface area contributed by atoms with Crippen molar-refractivity contribution in [2.24, 2.45) is 0 Å². The zero-order chi connectivity index (χ0) is 42.8. The molecule has 0 spiro atoms. The fraction of sp³-hybridized carbons (Fsp3) is 0.750. The smallest absolute Gasteiger partial charge is 0.326 e. The van der Waals surface area contributed by atoms with Crippen molar-refractivity contribution in [1.29, 1.82) is 0 Å². The van der Waals surface area contributed by atoms with E-state index in [4.69, 9.17) is 47.3 Å². The number of carboxylic acids is 2. The van der Waals surface area contributed by atoms with Gasteiger partial charge in [-0.1, -0.05) is 15.9 Å². The third-order valence-corrected chi connectivity index (χ3v) is 9.07. The first-order chi connectivity index (χ1) is 27.2. The van der Waals surface area contributed by atoms with E-state index in [1.165, 1.54) is 4.90 Å². The Bertz CT molecular complexity index is 1280. The van der Waals surface area contributed by atoms with E-state index in [9.17, 15) is 48.3 Å². The SMILES string of the molecule is O=C(O)CC[C@H](NC(=O)COCCOCCCC(=O)CC[C@@H](NC(=O)COCCOCCCC(=O)CBr)C(=O)O)C(=O)CCCN(CCCC(=O)CCl)C(=O)CCl. The summed E-state index contributed by atoms with van der Waals surface area (Å²) in [5.41, 5.74) is 0. The van der Waals surface area contributed by atoms with Gasteiger partial charge >= 0.3 is 11.9 Å². The Kier molecular flexibility index (Phi) is 33.0. The molecule has 3 amide bonds. The van der Waals surface area contributed by atoms with Gasteiger partial charge in [-0.25, -0.2) is 4.79 Å². The Morgan fingerprint density at radius 1 is 0.561 bits per heavy atom. The first-order valence-corrected chi connectivity index (χ1v) is 20.8. The summed E-state index contributed by atoms with van der Waals surface area (Å²) in [4.78, 5) is 109. The van der Waals surface area contributed by atoms with Gasteiger partial charge in [0.15, 0.2) is 5.78 Å². The van der Waals surface area contributed by atoms with Crippen LogP contribution in [0.1, 0.15) is 77.0 Å². The summed E-state index contributed by atoms with van der Waals surface area (Å²) in [6, 6.07) is -2.36. The molecule has 21 heteroatoms. The second kappa shape index (κ2) is 34.9. The van der Waals surface area contributed by atoms with Crippen LogP contribution < -0.4 is 10.6 Å². The Balaban J connectivity index is 4.35. The summed E-state index contributed by atoms with van der Waals surface area (Å²) in [5, 5.41) is 23.6. The maximum absolute atomic E-state index is 12.9. The molecule has 0 aliphatic heterocycles. The van der Waals surface area contributed by atoms with E-state index in [0.29, 0.717) is 37.6 Å². The summed E-state index contributed by atoms with van der Waals surface area (Å²) in [7, 11) is 0. The van der Waals surface area contributed by atoms with Crippen molar-refractivity contribution in [2.45, 2.75) is 89.1 Å². The number of carboxylic acid groups (broad SMARTS) is 2. The molecule has 57 heavy (non-hydrogen) atoms. The molecular formula is C36H56BrCl2N3O15. The zero-order valence-electron chi connectivity index (χ0n) is 32.1. The lowest BCUT2D eigenvalue weighted by Gasteiger charge is -2.22. The van der Waals surface area contributed by atoms with Gasteiger partial charge in [-0.2, -0.15) is 0 Å². The number of ether oxygens (including phenoxy) is 4. The summed E-state index contributed by atoms with van der Waals surface area (Å²) < 4.78 is 21.2. The lowest BCUT2D eigenvalue weighted by molar-refractivity contribution is -0.143. The molecule has 0 heterocycles. The summed E-state index contributed by atoms with van der Waals surface area (Å²) in [5.74, 6) is -5.23. The van der Waals surface area contributed by atoms with Crippen LogP contribution in [0.3, 0.4) is 0 Å². The molecule has 18 nitrogen and oxygen atoms in total. The average Bonchev–Trinajstić information content (AvgIpc) is 3.18. The van der Waals surface area contributed by atoms with Crippen molar-refractivity contribution >= 4 is 91.9 Å². The van der Waals surface area contributed by atoms with E-state index in [1.807, 2.05) is 0 Å². The highest BCUT2D eigenvalue weighted by Gasteiger charge is 2.23. The number of carbonyl (C=O) groups excluding carboxylic acids is 7. The summed E-state index contributed by atoms with van der Waals surface area (Å²) in [6.07, 6.45) is 1.46. The highest BCUT2D eigenvalue weighted by Crippen LogP contribution is 2.08. The lowest BCUT2D eigenvalue weighted by Crippen LogP contribution is -2.43. The summed E-state index contributed by atoms with van der Waals surface area (Å²) in [6.45, 7) is 0.558. The van der Waals surface area contributed by atoms with E-state index in [-0.39, 0.29) is 139 Å². The number of alkyl halides is 3. The van der Waals surface area contributed by atoms with Crippen LogP contribution in [0.2, 0.25) is 0 Å². The molecule has 0 radical (unpaired) electrons. The first kappa shape index (κ1) is 53.9. The number of ketones is 4. The second-order valence-electron chi connectivity index (χ2n) is 12.7. The Morgan fingerprint density at radius 2 is 1.05 bits per heavy atom. The number of hydrogen-bond acceptors (Lipinski definition) is 13. The van der Waals surface area contributed by atoms with Gasteiger partial charge in [0.25, 0.3) is 0 Å². The fourth-order valence-corrected chi connectivity index (χ4v) is 5.50. The molecule has 0 aromatic carbocycles. The number of amides is 3. The monoisotopic (exact) mass is 919 g/mol. The molecule has 0 saturated heterocycles. The molecule has 326 valence electrons. The van der Waals surface area contributed by atoms with Crippen LogP contribution in [0.4, 0.5) is 0 Å². The topological polar surface area (TPSA) is 258 Å². The van der Waals surface area contributed by atoms with E-state index >= 15 is 0 Å². The van der Waals surface area contributed by atoms with Gasteiger partial charge in [0.1, 0.15) is 42.5 Å². The van der Waals surface area contributed by atoms with Crippen molar-refractivity contribution < 1.29 is 72.3 Å². The lowest BCUT2D eigenvalue weighted by atomic mass is 10.0. The highest BCUT2D eigenvalue weighted by molar-refractivity contribution is 9.09. The Hall–Kier alpha value is -3.07. The van der Waals surface area contributed by atoms with Gasteiger partial charge in [-0.3, -0.25) is 38.4 Å². The highest BCUT2D eigenvalue weighted by atomic mass is 79.9. The normalized spacial score (nSPS) is 12.0. The van der Waals surface area contributed by atoms with Gasteiger partial charge < -0.3 is 44.7 Å². The number of hydrogen-bond donors (Lipinski definition) is 4. The number of nitrogens with one attached hydrogen (secondary N) is 2. The van der Waals surface area contributed by atoms with Gasteiger partial charge in [-0.15, -0.1) is 23.2 Å². The minimum Gasteiger partial charge on any atom is -0.481 e. The number of carbonyl (C=O) groups is 9. The van der Waals surface area contributed by atoms with Crippen LogP contribution in [0, 0.1) is 0 Å². The zero-order valence-corrected chi connectivity index (χ0v) is 35.2. The minimum atomic E-state index is -1.29. The minimum absolute atomic E-state index is 0.00649. The standard InChI is InChI=1S/C36H56BrCl2N3O15/c37-21-27(44)7-4-16-55-18-20-57-25-33(48)41-30(36(52)53)10-9-26(43)6-3-15-54-17-19-56-24-32(47)40-29(11-12-35(50)51)31(46)8-2-14-42(34(49)23-39)13-1-5-28(45)22-38/h29-30H,1-25H2,(H,40,47)(H,41,48)(H,50,51)(H,52,53)/t29-,30+/m0/s1. The summed E-state index contributed by atoms with van der Waals surface area (Å²) >= 11 is 14.3. The molecule has 0 aliphatic rings. The maximum Gasteiger partial charge on any atom is 0.326 e. The fourth-order valence-electron chi connectivity index (χ4n) is 4.92. The van der Waals surface area contributed by atoms with Crippen LogP contribution >= 0.6 is 39.1 Å². The molecule has 0 saturated carbocycles. The van der Waals surface area contributed by atoms with Crippen LogP contribution in [-0.2, 0) is 62.1 Å². The predicted molar refractivity (Wildman–Crippen MR) is 210 cm³/mol. The predicted octanol–water partition coefficient (Wildman–Crippen LogP) is 1.85. The van der Waals surface area contributed by atoms with Gasteiger partial charge in [-0.05, 0) is 38.5 Å². The maximum atomic E-state index is 12.9. The van der Waals surface area contributed by atoms with Crippen molar-refractivity contribution in [3.05, 3.63) is 0 Å². The molecule has 0 rings (SSSR count). The third-order valence-electron chi connectivity index (χ3n) is 7.91. The number of nitrogens with zero attached hydrogens (tertiary/aromatic N) is 1. The van der Waals surface area contributed by atoms with Crippen molar-refractivity contribution in [1.82, 2.24) is 15.5 Å². The van der Waals surface area contributed by atoms with Crippen LogP contribution in [0.5, 0.6) is 0 Å². The molecule has 0 fully saturated rings. The van der Waals surface area contributed by atoms with Gasteiger partial charge in [0.05, 0.1) is 43.7 Å². The quantitative estimate of drug-likeness (QED) is 0.0507. The van der Waals surface area contributed by atoms with Crippen molar-refractivity contribution in [3.8, 4) is 0 Å². The molecular weight excluding hydrogens is 865 g/mol. The molecule has 0 aliphatic carbocycles. The third kappa shape index (κ3) is 30.6. The molecule has 2 atom stereocenters. The second-order valence-corrected chi connectivity index (χ2v) is 13.8. The number of halogens is 3. The van der Waals surface area contributed by atoms with Crippen LogP contribution in [0.25, 0.3) is 0 Å². The van der Waals surface area contributed by atoms with Gasteiger partial charge in [0, 0.05) is 64.8 Å². The van der Waals surface area contributed by atoms with Gasteiger partial charge in [0.2, 0.25) is 17.7 Å². The average molecular weight is 922 g/mol. The van der Waals surface area contributed by atoms with E-state index in [0.717, 1.165) is 0 Å². The van der Waals surface area contributed by atoms with Crippen molar-refractivity contribution in [2.75, 3.05) is 83.0 Å². The molecule has 0 aromatic rings. The van der Waals surface area contributed by atoms with E-state index in [2.05, 4.69) is 26.6 Å². The van der Waals surface area contributed by atoms with E-state index in [1.54, 1.807) is 0 Å². The van der Waals surface area contributed by atoms with E-state index < -0.39 is 48.2 Å². The number of rotatable bonds is 39. The Labute approximate surface area is 350 Å². The first-order valence-electron chi connectivity index (χ1n) is 18.6. The Morgan fingerprint density at radius 3 is 1.56 bits per heavy atom. The molecule has 0 aromatic heterocycles. The van der Waals surface area contributed by atoms with Crippen LogP contribution in [0.15, 0.2) is 0 Å². The van der Waals surface area contributed by atoms with Crippen LogP contribution in [-0.4, -0.2) is 163 Å². The number of Topliss-reactive ketones (excluding diaryl/α,β-unsaturated/α-hetero) is 4. The molecule has 0 bridgehead atoms. The largest absolute Gasteiger partial charge is 0.481 e. The molecule has 4 N–H and O–H groups in total. The van der Waals surface area contributed by atoms with Crippen molar-refractivity contribution in [3.63, 3.8) is 0 Å². The molecule has 0 unspecified atom stereocenters. The number of aliphatic carboxylic acids is 2.